The number of hydrogen-bond donors (Lipinski definition) is 0. The van der Waals surface area contributed by atoms with Crippen LogP contribution in [0.3, 0.4) is 0 Å². The summed E-state index contributed by atoms with van der Waals surface area (Å²) in [6.45, 7) is 2.66. The van der Waals surface area contributed by atoms with Crippen LogP contribution in [0, 0.1) is 5.92 Å². The van der Waals surface area contributed by atoms with Gasteiger partial charge in [0.25, 0.3) is 0 Å². The summed E-state index contributed by atoms with van der Waals surface area (Å²) in [5.41, 5.74) is 0. The third-order valence-electron chi connectivity index (χ3n) is 3.88. The van der Waals surface area contributed by atoms with Gasteiger partial charge in [0.2, 0.25) is 5.95 Å². The van der Waals surface area contributed by atoms with E-state index in [4.69, 9.17) is 9.47 Å². The molecule has 3 heterocycles. The first-order chi connectivity index (χ1) is 10.8. The zero-order valence-corrected chi connectivity index (χ0v) is 12.7. The van der Waals surface area contributed by atoms with Crippen molar-refractivity contribution in [3.05, 3.63) is 36.9 Å². The minimum atomic E-state index is 0.572. The third kappa shape index (κ3) is 3.63. The Kier molecular flexibility index (Phi) is 4.68. The minimum absolute atomic E-state index is 0.572. The molecule has 0 aromatic carbocycles. The molecule has 2 aromatic rings. The van der Waals surface area contributed by atoms with Gasteiger partial charge in [0.15, 0.2) is 5.75 Å². The van der Waals surface area contributed by atoms with Crippen LogP contribution in [-0.2, 0) is 0 Å². The highest BCUT2D eigenvalue weighted by Gasteiger charge is 2.21. The SMILES string of the molecule is COc1cnc(N2CCC(COc3ccncc3)CC2)nc1. The van der Waals surface area contributed by atoms with Crippen molar-refractivity contribution in [2.24, 2.45) is 5.92 Å². The average molecular weight is 300 g/mol. The van der Waals surface area contributed by atoms with Crippen molar-refractivity contribution >= 4 is 5.95 Å². The second-order valence-electron chi connectivity index (χ2n) is 5.35. The van der Waals surface area contributed by atoms with Crippen molar-refractivity contribution in [3.8, 4) is 11.5 Å². The summed E-state index contributed by atoms with van der Waals surface area (Å²) in [6, 6.07) is 3.78. The van der Waals surface area contributed by atoms with Crippen molar-refractivity contribution < 1.29 is 9.47 Å². The Morgan fingerprint density at radius 2 is 1.77 bits per heavy atom. The number of hydrogen-bond acceptors (Lipinski definition) is 6. The van der Waals surface area contributed by atoms with Crippen LogP contribution in [0.25, 0.3) is 0 Å². The quantitative estimate of drug-likeness (QED) is 0.843. The van der Waals surface area contributed by atoms with Crippen molar-refractivity contribution in [2.75, 3.05) is 31.7 Å². The zero-order valence-electron chi connectivity index (χ0n) is 12.7. The molecule has 0 radical (unpaired) electrons. The number of rotatable bonds is 5. The van der Waals surface area contributed by atoms with E-state index in [2.05, 4.69) is 19.9 Å². The van der Waals surface area contributed by atoms with Crippen LogP contribution in [0.4, 0.5) is 5.95 Å². The summed E-state index contributed by atoms with van der Waals surface area (Å²) < 4.78 is 10.9. The van der Waals surface area contributed by atoms with Gasteiger partial charge in [-0.2, -0.15) is 0 Å². The van der Waals surface area contributed by atoms with E-state index in [1.807, 2.05) is 12.1 Å². The first-order valence-corrected chi connectivity index (χ1v) is 7.49. The van der Waals surface area contributed by atoms with Gasteiger partial charge >= 0.3 is 0 Å². The molecular formula is C16H20N4O2. The molecule has 0 bridgehead atoms. The van der Waals surface area contributed by atoms with Crippen LogP contribution in [0.5, 0.6) is 11.5 Å². The second kappa shape index (κ2) is 7.06. The van der Waals surface area contributed by atoms with E-state index >= 15 is 0 Å². The minimum Gasteiger partial charge on any atom is -0.494 e. The molecule has 1 aliphatic heterocycles. The Hall–Kier alpha value is -2.37. The van der Waals surface area contributed by atoms with Gasteiger partial charge in [-0.05, 0) is 30.9 Å². The van der Waals surface area contributed by atoms with Gasteiger partial charge in [0.05, 0.1) is 26.1 Å². The van der Waals surface area contributed by atoms with Crippen molar-refractivity contribution in [3.63, 3.8) is 0 Å². The van der Waals surface area contributed by atoms with E-state index in [1.165, 1.54) is 0 Å². The third-order valence-corrected chi connectivity index (χ3v) is 3.88. The van der Waals surface area contributed by atoms with Gasteiger partial charge < -0.3 is 14.4 Å². The van der Waals surface area contributed by atoms with Crippen LogP contribution in [0.1, 0.15) is 12.8 Å². The summed E-state index contributed by atoms with van der Waals surface area (Å²) in [5, 5.41) is 0. The van der Waals surface area contributed by atoms with Gasteiger partial charge in [-0.15, -0.1) is 0 Å². The summed E-state index contributed by atoms with van der Waals surface area (Å²) in [6.07, 6.45) is 9.08. The lowest BCUT2D eigenvalue weighted by Crippen LogP contribution is -2.36. The fraction of sp³-hybridized carbons (Fsp3) is 0.438. The van der Waals surface area contributed by atoms with E-state index in [9.17, 15) is 0 Å². The maximum Gasteiger partial charge on any atom is 0.225 e. The fourth-order valence-corrected chi connectivity index (χ4v) is 2.53. The van der Waals surface area contributed by atoms with Gasteiger partial charge in [0.1, 0.15) is 5.75 Å². The lowest BCUT2D eigenvalue weighted by Gasteiger charge is -2.31. The lowest BCUT2D eigenvalue weighted by atomic mass is 9.98. The van der Waals surface area contributed by atoms with Gasteiger partial charge in [-0.1, -0.05) is 0 Å². The van der Waals surface area contributed by atoms with Crippen molar-refractivity contribution in [2.45, 2.75) is 12.8 Å². The summed E-state index contributed by atoms with van der Waals surface area (Å²) in [4.78, 5) is 14.9. The summed E-state index contributed by atoms with van der Waals surface area (Å²) in [7, 11) is 1.62. The van der Waals surface area contributed by atoms with E-state index in [0.717, 1.165) is 44.2 Å². The topological polar surface area (TPSA) is 60.4 Å². The number of methoxy groups -OCH3 is 1. The van der Waals surface area contributed by atoms with Crippen molar-refractivity contribution in [1.82, 2.24) is 15.0 Å². The molecule has 0 saturated carbocycles. The van der Waals surface area contributed by atoms with E-state index < -0.39 is 0 Å². The molecule has 1 fully saturated rings. The van der Waals surface area contributed by atoms with Crippen LogP contribution in [0.2, 0.25) is 0 Å². The fourth-order valence-electron chi connectivity index (χ4n) is 2.53. The monoisotopic (exact) mass is 300 g/mol. The Bertz CT molecular complexity index is 568. The highest BCUT2D eigenvalue weighted by molar-refractivity contribution is 5.31. The Morgan fingerprint density at radius 1 is 1.09 bits per heavy atom. The number of anilines is 1. The van der Waals surface area contributed by atoms with Crippen molar-refractivity contribution in [1.29, 1.82) is 0 Å². The van der Waals surface area contributed by atoms with Gasteiger partial charge in [0, 0.05) is 25.5 Å². The molecule has 116 valence electrons. The highest BCUT2D eigenvalue weighted by atomic mass is 16.5. The number of piperidine rings is 1. The number of aromatic nitrogens is 3. The van der Waals surface area contributed by atoms with Crippen LogP contribution in [-0.4, -0.2) is 41.8 Å². The van der Waals surface area contributed by atoms with E-state index in [0.29, 0.717) is 11.7 Å². The van der Waals surface area contributed by atoms with Crippen LogP contribution < -0.4 is 14.4 Å². The Labute approximate surface area is 130 Å². The normalized spacial score (nSPS) is 15.6. The highest BCUT2D eigenvalue weighted by Crippen LogP contribution is 2.22. The second-order valence-corrected chi connectivity index (χ2v) is 5.35. The maximum atomic E-state index is 5.81. The number of nitrogens with zero attached hydrogens (tertiary/aromatic N) is 4. The lowest BCUT2D eigenvalue weighted by molar-refractivity contribution is 0.222. The molecule has 1 aliphatic rings. The molecule has 0 N–H and O–H groups in total. The molecule has 0 unspecified atom stereocenters. The van der Waals surface area contributed by atoms with Crippen LogP contribution in [0.15, 0.2) is 36.9 Å². The molecule has 0 spiro atoms. The molecule has 0 amide bonds. The number of ether oxygens (including phenoxy) is 2. The molecule has 2 aromatic heterocycles. The van der Waals surface area contributed by atoms with Crippen LogP contribution >= 0.6 is 0 Å². The Balaban J connectivity index is 1.47. The molecule has 1 saturated heterocycles. The molecular weight excluding hydrogens is 280 g/mol. The predicted octanol–water partition coefficient (Wildman–Crippen LogP) is 2.18. The standard InChI is InChI=1S/C16H20N4O2/c1-21-15-10-18-16(19-11-15)20-8-4-13(5-9-20)12-22-14-2-6-17-7-3-14/h2-3,6-7,10-11,13H,4-5,8-9,12H2,1H3. The zero-order chi connectivity index (χ0) is 15.2. The van der Waals surface area contributed by atoms with E-state index in [1.54, 1.807) is 31.9 Å². The molecule has 22 heavy (non-hydrogen) atoms. The predicted molar refractivity (Wildman–Crippen MR) is 83.3 cm³/mol. The maximum absolute atomic E-state index is 5.81. The molecule has 6 nitrogen and oxygen atoms in total. The smallest absolute Gasteiger partial charge is 0.225 e. The van der Waals surface area contributed by atoms with Gasteiger partial charge in [-0.3, -0.25) is 4.98 Å². The molecule has 0 aliphatic carbocycles. The Morgan fingerprint density at radius 3 is 2.41 bits per heavy atom. The summed E-state index contributed by atoms with van der Waals surface area (Å²) >= 11 is 0. The van der Waals surface area contributed by atoms with E-state index in [-0.39, 0.29) is 0 Å². The summed E-state index contributed by atoms with van der Waals surface area (Å²) in [5.74, 6) is 2.91. The first kappa shape index (κ1) is 14.6. The molecule has 0 atom stereocenters. The molecule has 6 heteroatoms. The number of pyridine rings is 1. The first-order valence-electron chi connectivity index (χ1n) is 7.49. The van der Waals surface area contributed by atoms with Gasteiger partial charge in [-0.25, -0.2) is 9.97 Å². The average Bonchev–Trinajstić information content (AvgIpc) is 2.61. The largest absolute Gasteiger partial charge is 0.494 e. The molecule has 3 rings (SSSR count).